The summed E-state index contributed by atoms with van der Waals surface area (Å²) >= 11 is 0. The number of nitrogens with zero attached hydrogens (tertiary/aromatic N) is 2. The van der Waals surface area contributed by atoms with Gasteiger partial charge in [0.25, 0.3) is 0 Å². The Hall–Kier alpha value is -3.67. The number of nitriles is 1. The predicted molar refractivity (Wildman–Crippen MR) is 139 cm³/mol. The van der Waals surface area contributed by atoms with Crippen LogP contribution in [0, 0.1) is 17.2 Å². The van der Waals surface area contributed by atoms with E-state index in [1.165, 1.54) is 0 Å². The molecular formula is C28H32BN3O4. The van der Waals surface area contributed by atoms with Crippen molar-refractivity contribution >= 4 is 13.0 Å². The monoisotopic (exact) mass is 485 g/mol. The number of hydrogen-bond donors (Lipinski definition) is 3. The molecule has 0 saturated carbocycles. The molecule has 2 aromatic carbocycles. The number of nitrogens with one attached hydrogen (secondary N) is 1. The van der Waals surface area contributed by atoms with Crippen molar-refractivity contribution in [2.24, 2.45) is 5.92 Å². The lowest BCUT2D eigenvalue weighted by Crippen LogP contribution is -2.47. The maximum atomic E-state index is 12.4. The SMILES string of the molecule is CC(Cc1cccc(OCCC(=O)N[C@@H](CCc2ccccc2)B(O)O)c1)C(C#N)c1ccccn1. The summed E-state index contributed by atoms with van der Waals surface area (Å²) in [4.78, 5) is 16.7. The standard InChI is InChI=1S/C28H32BN3O4/c1-21(25(20-30)26-12-5-6-16-31-26)18-23-10-7-11-24(19-23)36-17-15-28(33)32-27(29(34)35)14-13-22-8-3-2-4-9-22/h2-12,16,19,21,25,27,34-35H,13-15,17-18H2,1H3,(H,32,33)/t21?,25?,27-/m0/s1. The van der Waals surface area contributed by atoms with Gasteiger partial charge < -0.3 is 20.1 Å². The van der Waals surface area contributed by atoms with Crippen molar-refractivity contribution in [2.45, 2.75) is 44.5 Å². The summed E-state index contributed by atoms with van der Waals surface area (Å²) in [5.74, 6) is -0.672. The normalized spacial score (nSPS) is 13.2. The first-order chi connectivity index (χ1) is 17.5. The van der Waals surface area contributed by atoms with E-state index in [0.717, 1.165) is 16.8 Å². The Morgan fingerprint density at radius 1 is 1.08 bits per heavy atom. The largest absolute Gasteiger partial charge is 0.493 e. The van der Waals surface area contributed by atoms with Gasteiger partial charge in [-0.25, -0.2) is 0 Å². The third-order valence-electron chi connectivity index (χ3n) is 6.06. The fourth-order valence-corrected chi connectivity index (χ4v) is 4.10. The van der Waals surface area contributed by atoms with Crippen LogP contribution < -0.4 is 10.1 Å². The summed E-state index contributed by atoms with van der Waals surface area (Å²) in [6, 6.07) is 25.3. The van der Waals surface area contributed by atoms with Gasteiger partial charge in [-0.1, -0.05) is 55.5 Å². The lowest BCUT2D eigenvalue weighted by atomic mass is 9.76. The molecule has 1 heterocycles. The van der Waals surface area contributed by atoms with Crippen molar-refractivity contribution in [1.82, 2.24) is 10.3 Å². The highest BCUT2D eigenvalue weighted by Crippen LogP contribution is 2.26. The molecule has 0 bridgehead atoms. The van der Waals surface area contributed by atoms with Gasteiger partial charge in [-0.2, -0.15) is 5.26 Å². The molecule has 3 N–H and O–H groups in total. The number of pyridine rings is 1. The Kier molecular flexibility index (Phi) is 10.5. The summed E-state index contributed by atoms with van der Waals surface area (Å²) in [6.45, 7) is 2.19. The van der Waals surface area contributed by atoms with E-state index >= 15 is 0 Å². The van der Waals surface area contributed by atoms with Crippen LogP contribution >= 0.6 is 0 Å². The zero-order chi connectivity index (χ0) is 25.8. The molecule has 2 unspecified atom stereocenters. The average Bonchev–Trinajstić information content (AvgIpc) is 2.88. The second-order valence-electron chi connectivity index (χ2n) is 8.90. The van der Waals surface area contributed by atoms with Gasteiger partial charge in [-0.15, -0.1) is 0 Å². The predicted octanol–water partition coefficient (Wildman–Crippen LogP) is 3.47. The van der Waals surface area contributed by atoms with Gasteiger partial charge in [0.15, 0.2) is 0 Å². The van der Waals surface area contributed by atoms with Gasteiger partial charge in [0.1, 0.15) is 5.75 Å². The van der Waals surface area contributed by atoms with Crippen LogP contribution in [0.4, 0.5) is 0 Å². The molecule has 3 rings (SSSR count). The second kappa shape index (κ2) is 14.0. The molecule has 3 aromatic rings. The fourth-order valence-electron chi connectivity index (χ4n) is 4.10. The van der Waals surface area contributed by atoms with Gasteiger partial charge in [-0.3, -0.25) is 9.78 Å². The lowest BCUT2D eigenvalue weighted by molar-refractivity contribution is -0.122. The molecule has 0 aliphatic carbocycles. The minimum atomic E-state index is -1.64. The topological polar surface area (TPSA) is 115 Å². The van der Waals surface area contributed by atoms with Crippen molar-refractivity contribution in [3.05, 3.63) is 95.8 Å². The van der Waals surface area contributed by atoms with Crippen LogP contribution in [0.3, 0.4) is 0 Å². The minimum Gasteiger partial charge on any atom is -0.493 e. The Morgan fingerprint density at radius 3 is 2.53 bits per heavy atom. The molecule has 36 heavy (non-hydrogen) atoms. The van der Waals surface area contributed by atoms with Crippen LogP contribution in [0.5, 0.6) is 5.75 Å². The van der Waals surface area contributed by atoms with Gasteiger partial charge in [-0.05, 0) is 60.6 Å². The Bertz CT molecular complexity index is 1120. The van der Waals surface area contributed by atoms with E-state index in [0.29, 0.717) is 25.0 Å². The molecule has 7 nitrogen and oxygen atoms in total. The smallest absolute Gasteiger partial charge is 0.475 e. The summed E-state index contributed by atoms with van der Waals surface area (Å²) in [5.41, 5.74) is 2.86. The lowest BCUT2D eigenvalue weighted by Gasteiger charge is -2.18. The van der Waals surface area contributed by atoms with Crippen LogP contribution in [0.15, 0.2) is 79.0 Å². The molecule has 0 aliphatic rings. The molecule has 0 radical (unpaired) electrons. The van der Waals surface area contributed by atoms with Crippen LogP contribution in [0.25, 0.3) is 0 Å². The minimum absolute atomic E-state index is 0.0589. The first-order valence-corrected chi connectivity index (χ1v) is 12.2. The number of rotatable bonds is 13. The molecule has 1 aromatic heterocycles. The second-order valence-corrected chi connectivity index (χ2v) is 8.90. The average molecular weight is 485 g/mol. The van der Waals surface area contributed by atoms with Crippen molar-refractivity contribution < 1.29 is 19.6 Å². The zero-order valence-electron chi connectivity index (χ0n) is 20.5. The first kappa shape index (κ1) is 26.9. The van der Waals surface area contributed by atoms with E-state index in [1.54, 1.807) is 6.20 Å². The molecule has 1 amide bonds. The molecule has 0 saturated heterocycles. The molecule has 3 atom stereocenters. The van der Waals surface area contributed by atoms with Crippen LogP contribution in [-0.2, 0) is 17.6 Å². The highest BCUT2D eigenvalue weighted by atomic mass is 16.5. The van der Waals surface area contributed by atoms with E-state index in [-0.39, 0.29) is 30.8 Å². The summed E-state index contributed by atoms with van der Waals surface area (Å²) < 4.78 is 5.78. The number of ether oxygens (including phenoxy) is 1. The van der Waals surface area contributed by atoms with E-state index in [9.17, 15) is 20.1 Å². The highest BCUT2D eigenvalue weighted by molar-refractivity contribution is 6.43. The first-order valence-electron chi connectivity index (χ1n) is 12.2. The zero-order valence-corrected chi connectivity index (χ0v) is 20.5. The third kappa shape index (κ3) is 8.53. The van der Waals surface area contributed by atoms with Crippen LogP contribution in [-0.4, -0.2) is 40.6 Å². The van der Waals surface area contributed by atoms with E-state index in [1.807, 2.05) is 79.7 Å². The van der Waals surface area contributed by atoms with Gasteiger partial charge in [0.05, 0.1) is 36.6 Å². The number of aromatic nitrogens is 1. The van der Waals surface area contributed by atoms with Crippen LogP contribution in [0.1, 0.15) is 42.5 Å². The fraction of sp³-hybridized carbons (Fsp3) is 0.321. The molecule has 0 spiro atoms. The number of benzene rings is 2. The van der Waals surface area contributed by atoms with Crippen molar-refractivity contribution in [1.29, 1.82) is 5.26 Å². The molecule has 186 valence electrons. The maximum absolute atomic E-state index is 12.4. The molecular weight excluding hydrogens is 453 g/mol. The third-order valence-corrected chi connectivity index (χ3v) is 6.06. The number of hydrogen-bond acceptors (Lipinski definition) is 6. The van der Waals surface area contributed by atoms with E-state index in [4.69, 9.17) is 4.74 Å². The van der Waals surface area contributed by atoms with E-state index < -0.39 is 13.1 Å². The van der Waals surface area contributed by atoms with Gasteiger partial charge >= 0.3 is 7.12 Å². The quantitative estimate of drug-likeness (QED) is 0.320. The van der Waals surface area contributed by atoms with E-state index in [2.05, 4.69) is 16.4 Å². The summed E-state index contributed by atoms with van der Waals surface area (Å²) in [5, 5.41) is 31.7. The number of aryl methyl sites for hydroxylation is 1. The molecule has 0 fully saturated rings. The highest BCUT2D eigenvalue weighted by Gasteiger charge is 2.25. The van der Waals surface area contributed by atoms with Crippen molar-refractivity contribution in [3.63, 3.8) is 0 Å². The van der Waals surface area contributed by atoms with Gasteiger partial charge in [0, 0.05) is 6.20 Å². The molecule has 0 aliphatic heterocycles. The van der Waals surface area contributed by atoms with Crippen molar-refractivity contribution in [3.8, 4) is 11.8 Å². The number of amides is 1. The maximum Gasteiger partial charge on any atom is 0.475 e. The summed E-state index contributed by atoms with van der Waals surface area (Å²) in [6.07, 6.45) is 3.51. The Morgan fingerprint density at radius 2 is 1.83 bits per heavy atom. The van der Waals surface area contributed by atoms with Gasteiger partial charge in [0.2, 0.25) is 5.91 Å². The van der Waals surface area contributed by atoms with Crippen molar-refractivity contribution in [2.75, 3.05) is 6.61 Å². The van der Waals surface area contributed by atoms with Crippen LogP contribution in [0.2, 0.25) is 0 Å². The number of carbonyl (C=O) groups excluding carboxylic acids is 1. The summed E-state index contributed by atoms with van der Waals surface area (Å²) in [7, 11) is -1.64. The Labute approximate surface area is 212 Å². The molecule has 8 heteroatoms. The Balaban J connectivity index is 1.47. The number of carbonyl (C=O) groups is 1.